The van der Waals surface area contributed by atoms with Gasteiger partial charge < -0.3 is 20.1 Å². The van der Waals surface area contributed by atoms with Crippen molar-refractivity contribution in [3.05, 3.63) is 58.4 Å². The van der Waals surface area contributed by atoms with E-state index in [-0.39, 0.29) is 28.7 Å². The summed E-state index contributed by atoms with van der Waals surface area (Å²) < 4.78 is 16.7. The Labute approximate surface area is 213 Å². The number of halogens is 2. The lowest BCUT2D eigenvalue weighted by molar-refractivity contribution is 0.0247. The van der Waals surface area contributed by atoms with Gasteiger partial charge >= 0.3 is 0 Å². The van der Waals surface area contributed by atoms with Gasteiger partial charge in [-0.3, -0.25) is 9.48 Å². The summed E-state index contributed by atoms with van der Waals surface area (Å²) in [5.41, 5.74) is -0.725. The van der Waals surface area contributed by atoms with Crippen LogP contribution in [0.15, 0.2) is 24.5 Å². The smallest absolute Gasteiger partial charge is 0.274 e. The van der Waals surface area contributed by atoms with E-state index < -0.39 is 17.0 Å². The molecule has 1 amide bonds. The molecule has 192 valence electrons. The first kappa shape index (κ1) is 24.9. The van der Waals surface area contributed by atoms with Crippen molar-refractivity contribution in [2.45, 2.75) is 56.7 Å². The van der Waals surface area contributed by atoms with Crippen molar-refractivity contribution in [1.82, 2.24) is 24.3 Å². The number of aryl methyl sites for hydroxylation is 2. The maximum absolute atomic E-state index is 13.5. The fourth-order valence-electron chi connectivity index (χ4n) is 5.97. The molecule has 3 N–H and O–H groups in total. The van der Waals surface area contributed by atoms with Gasteiger partial charge in [0, 0.05) is 25.7 Å². The summed E-state index contributed by atoms with van der Waals surface area (Å²) in [5, 5.41) is 28.9. The number of anilines is 1. The Morgan fingerprint density at radius 3 is 2.50 bits per heavy atom. The highest BCUT2D eigenvalue weighted by Gasteiger charge is 2.52. The molecule has 2 unspecified atom stereocenters. The van der Waals surface area contributed by atoms with E-state index in [4.69, 9.17) is 11.6 Å². The molecule has 1 aromatic carbocycles. The molecule has 2 aliphatic rings. The second-order valence-corrected chi connectivity index (χ2v) is 11.1. The van der Waals surface area contributed by atoms with Crippen LogP contribution in [0, 0.1) is 17.7 Å². The molecular formula is C25H30ClFN6O3. The highest BCUT2D eigenvalue weighted by Crippen LogP contribution is 2.56. The lowest BCUT2D eigenvalue weighted by Gasteiger charge is -2.21. The van der Waals surface area contributed by atoms with Gasteiger partial charge in [-0.2, -0.15) is 5.10 Å². The van der Waals surface area contributed by atoms with Gasteiger partial charge in [-0.05, 0) is 69.6 Å². The van der Waals surface area contributed by atoms with E-state index in [1.165, 1.54) is 22.9 Å². The summed E-state index contributed by atoms with van der Waals surface area (Å²) in [6.07, 6.45) is 4.25. The van der Waals surface area contributed by atoms with E-state index in [1.54, 1.807) is 38.8 Å². The molecule has 0 saturated heterocycles. The number of fused-ring (bicyclic) bond motifs is 1. The standard InChI is InChI=1S/C25H30ClFN6O3/c1-24(2,35)23-30-22(31-33(23)4)25(36)10-14-7-13(8-15(14)11-25)19-20(32(3)12-28-19)21(34)29-16-5-6-18(27)17(26)9-16/h5-6,9,12-15,35-36H,7-8,10-11H2,1-4H3,(H,29,34). The van der Waals surface area contributed by atoms with Crippen molar-refractivity contribution in [1.29, 1.82) is 0 Å². The molecule has 0 radical (unpaired) electrons. The number of rotatable bonds is 5. The summed E-state index contributed by atoms with van der Waals surface area (Å²) in [6.45, 7) is 3.29. The molecule has 0 bridgehead atoms. The first-order valence-electron chi connectivity index (χ1n) is 12.0. The predicted molar refractivity (Wildman–Crippen MR) is 131 cm³/mol. The van der Waals surface area contributed by atoms with Gasteiger partial charge in [0.2, 0.25) is 0 Å². The number of aromatic nitrogens is 5. The monoisotopic (exact) mass is 516 g/mol. The largest absolute Gasteiger partial charge is 0.382 e. The number of carbonyl (C=O) groups excluding carboxylic acids is 1. The molecule has 36 heavy (non-hydrogen) atoms. The van der Waals surface area contributed by atoms with Gasteiger partial charge in [-0.25, -0.2) is 14.4 Å². The van der Waals surface area contributed by atoms with Crippen LogP contribution in [0.4, 0.5) is 10.1 Å². The first-order valence-corrected chi connectivity index (χ1v) is 12.4. The zero-order chi connectivity index (χ0) is 26.0. The van der Waals surface area contributed by atoms with Crippen molar-refractivity contribution in [2.75, 3.05) is 5.32 Å². The zero-order valence-electron chi connectivity index (χ0n) is 20.7. The molecule has 3 aromatic rings. The molecule has 0 spiro atoms. The molecule has 0 aliphatic heterocycles. The third-order valence-electron chi connectivity index (χ3n) is 7.51. The Kier molecular flexibility index (Phi) is 5.96. The van der Waals surface area contributed by atoms with Crippen molar-refractivity contribution >= 4 is 23.2 Å². The van der Waals surface area contributed by atoms with Crippen molar-refractivity contribution in [3.63, 3.8) is 0 Å². The minimum atomic E-state index is -1.16. The van der Waals surface area contributed by atoms with E-state index >= 15 is 0 Å². The number of nitrogens with one attached hydrogen (secondary N) is 1. The SMILES string of the molecule is Cn1cnc(C2CC3CC(O)(c4nc(C(C)(C)O)n(C)n4)CC3C2)c1C(=O)Nc1ccc(F)c(Cl)c1. The Morgan fingerprint density at radius 1 is 1.25 bits per heavy atom. The van der Waals surface area contributed by atoms with E-state index in [0.29, 0.717) is 35.9 Å². The average molecular weight is 517 g/mol. The highest BCUT2D eigenvalue weighted by atomic mass is 35.5. The fraction of sp³-hybridized carbons (Fsp3) is 0.520. The third kappa shape index (κ3) is 4.31. The quantitative estimate of drug-likeness (QED) is 0.477. The second-order valence-electron chi connectivity index (χ2n) is 10.7. The molecule has 2 saturated carbocycles. The highest BCUT2D eigenvalue weighted by molar-refractivity contribution is 6.31. The molecule has 2 atom stereocenters. The topological polar surface area (TPSA) is 118 Å². The lowest BCUT2D eigenvalue weighted by Crippen LogP contribution is -2.25. The third-order valence-corrected chi connectivity index (χ3v) is 7.80. The Balaban J connectivity index is 1.32. The minimum Gasteiger partial charge on any atom is -0.382 e. The number of nitrogens with zero attached hydrogens (tertiary/aromatic N) is 5. The summed E-state index contributed by atoms with van der Waals surface area (Å²) in [5.74, 6) is 0.429. The summed E-state index contributed by atoms with van der Waals surface area (Å²) in [7, 11) is 3.48. The van der Waals surface area contributed by atoms with Crippen molar-refractivity contribution in [3.8, 4) is 0 Å². The minimum absolute atomic E-state index is 0.0637. The molecule has 2 fully saturated rings. The number of aliphatic hydroxyl groups is 2. The van der Waals surface area contributed by atoms with Gasteiger partial charge in [0.1, 0.15) is 22.7 Å². The van der Waals surface area contributed by atoms with Gasteiger partial charge in [0.15, 0.2) is 11.6 Å². The van der Waals surface area contributed by atoms with E-state index in [9.17, 15) is 19.4 Å². The Bertz CT molecular complexity index is 1320. The van der Waals surface area contributed by atoms with Crippen LogP contribution in [0.25, 0.3) is 0 Å². The predicted octanol–water partition coefficient (Wildman–Crippen LogP) is 3.61. The van der Waals surface area contributed by atoms with Crippen LogP contribution < -0.4 is 5.32 Å². The number of hydrogen-bond donors (Lipinski definition) is 3. The van der Waals surface area contributed by atoms with Gasteiger partial charge in [-0.15, -0.1) is 0 Å². The van der Waals surface area contributed by atoms with Crippen molar-refractivity contribution < 1.29 is 19.4 Å². The van der Waals surface area contributed by atoms with E-state index in [1.807, 2.05) is 0 Å². The zero-order valence-corrected chi connectivity index (χ0v) is 21.4. The molecule has 9 nitrogen and oxygen atoms in total. The number of carbonyl (C=O) groups is 1. The molecule has 2 aliphatic carbocycles. The number of benzene rings is 1. The normalized spacial score (nSPS) is 25.8. The van der Waals surface area contributed by atoms with E-state index in [0.717, 1.165) is 18.5 Å². The number of imidazole rings is 1. The van der Waals surface area contributed by atoms with Gasteiger partial charge in [-0.1, -0.05) is 11.6 Å². The molecule has 11 heteroatoms. The summed E-state index contributed by atoms with van der Waals surface area (Å²) in [6, 6.07) is 4.05. The molecular weight excluding hydrogens is 487 g/mol. The van der Waals surface area contributed by atoms with Crippen molar-refractivity contribution in [2.24, 2.45) is 25.9 Å². The van der Waals surface area contributed by atoms with Gasteiger partial charge in [0.25, 0.3) is 5.91 Å². The summed E-state index contributed by atoms with van der Waals surface area (Å²) in [4.78, 5) is 22.2. The summed E-state index contributed by atoms with van der Waals surface area (Å²) >= 11 is 5.86. The Morgan fingerprint density at radius 2 is 1.92 bits per heavy atom. The molecule has 2 aromatic heterocycles. The second kappa shape index (κ2) is 8.64. The van der Waals surface area contributed by atoms with Crippen LogP contribution in [0.3, 0.4) is 0 Å². The van der Waals surface area contributed by atoms with Crippen LogP contribution in [0.5, 0.6) is 0 Å². The van der Waals surface area contributed by atoms with Gasteiger partial charge in [0.05, 0.1) is 17.0 Å². The fourth-order valence-corrected chi connectivity index (χ4v) is 6.15. The first-order chi connectivity index (χ1) is 16.9. The molecule has 5 rings (SSSR count). The van der Waals surface area contributed by atoms with Crippen LogP contribution in [0.2, 0.25) is 5.02 Å². The van der Waals surface area contributed by atoms with Crippen LogP contribution in [0.1, 0.15) is 73.3 Å². The molecule has 2 heterocycles. The number of hydrogen-bond acceptors (Lipinski definition) is 6. The average Bonchev–Trinajstić information content (AvgIpc) is 3.52. The maximum Gasteiger partial charge on any atom is 0.274 e. The van der Waals surface area contributed by atoms with E-state index in [2.05, 4.69) is 20.4 Å². The maximum atomic E-state index is 13.5. The number of amides is 1. The van der Waals surface area contributed by atoms with Crippen LogP contribution in [-0.2, 0) is 25.3 Å². The van der Waals surface area contributed by atoms with Crippen LogP contribution in [-0.4, -0.2) is 40.4 Å². The van der Waals surface area contributed by atoms with Crippen LogP contribution >= 0.6 is 11.6 Å². The lowest BCUT2D eigenvalue weighted by atomic mass is 9.92. The Hall–Kier alpha value is -2.82.